The average Bonchev–Trinajstić information content (AvgIpc) is 2.83. The molecule has 2 heterocycles. The van der Waals surface area contributed by atoms with E-state index in [0.717, 1.165) is 37.5 Å². The Labute approximate surface area is 138 Å². The quantitative estimate of drug-likeness (QED) is 0.593. The summed E-state index contributed by atoms with van der Waals surface area (Å²) in [5, 5.41) is 2.04. The number of benzene rings is 1. The van der Waals surface area contributed by atoms with Crippen LogP contribution in [0.15, 0.2) is 21.2 Å². The van der Waals surface area contributed by atoms with Crippen LogP contribution < -0.4 is 0 Å². The maximum atomic E-state index is 12.0. The number of hydrogen-bond donors (Lipinski definition) is 1. The summed E-state index contributed by atoms with van der Waals surface area (Å²) in [6.07, 6.45) is 1.82. The van der Waals surface area contributed by atoms with E-state index in [0.29, 0.717) is 10.0 Å². The number of halogens is 2. The van der Waals surface area contributed by atoms with Gasteiger partial charge >= 0.3 is 5.97 Å². The molecule has 0 amide bonds. The normalized spacial score (nSPS) is 11.3. The first-order chi connectivity index (χ1) is 9.95. The smallest absolute Gasteiger partial charge is 0.339 e. The molecule has 0 fully saturated rings. The van der Waals surface area contributed by atoms with Crippen molar-refractivity contribution < 1.29 is 9.53 Å². The van der Waals surface area contributed by atoms with Crippen molar-refractivity contribution in [2.75, 3.05) is 7.11 Å². The lowest BCUT2D eigenvalue weighted by Gasteiger charge is -2.10. The first-order valence-corrected chi connectivity index (χ1v) is 7.88. The molecule has 3 rings (SSSR count). The summed E-state index contributed by atoms with van der Waals surface area (Å²) in [5.41, 5.74) is 4.12. The second-order valence-corrected chi connectivity index (χ2v) is 6.49. The maximum absolute atomic E-state index is 12.0. The van der Waals surface area contributed by atoms with Crippen molar-refractivity contribution >= 4 is 59.8 Å². The minimum Gasteiger partial charge on any atom is -0.465 e. The van der Waals surface area contributed by atoms with Gasteiger partial charge in [0.1, 0.15) is 5.65 Å². The lowest BCUT2D eigenvalue weighted by atomic mass is 10.0. The van der Waals surface area contributed by atoms with E-state index in [9.17, 15) is 4.79 Å². The van der Waals surface area contributed by atoms with E-state index in [4.69, 9.17) is 4.74 Å². The molecule has 0 bridgehead atoms. The van der Waals surface area contributed by atoms with Gasteiger partial charge in [0.2, 0.25) is 0 Å². The fourth-order valence-corrected chi connectivity index (χ4v) is 3.81. The van der Waals surface area contributed by atoms with E-state index < -0.39 is 0 Å². The van der Waals surface area contributed by atoms with E-state index in [1.165, 1.54) is 7.11 Å². The number of nitrogens with zero attached hydrogens (tertiary/aromatic N) is 1. The Bertz CT molecular complexity index is 900. The van der Waals surface area contributed by atoms with Gasteiger partial charge in [-0.05, 0) is 62.9 Å². The number of H-pyrrole nitrogens is 1. The number of pyridine rings is 1. The zero-order chi connectivity index (χ0) is 15.3. The van der Waals surface area contributed by atoms with Gasteiger partial charge in [-0.15, -0.1) is 0 Å². The molecule has 0 unspecified atom stereocenters. The molecule has 1 N–H and O–H groups in total. The van der Waals surface area contributed by atoms with Crippen LogP contribution in [0.25, 0.3) is 21.9 Å². The molecule has 0 radical (unpaired) electrons. The summed E-state index contributed by atoms with van der Waals surface area (Å²) in [6.45, 7) is 3.90. The lowest BCUT2D eigenvalue weighted by Crippen LogP contribution is -2.06. The van der Waals surface area contributed by atoms with Gasteiger partial charge in [-0.25, -0.2) is 9.78 Å². The molecule has 21 heavy (non-hydrogen) atoms. The molecule has 0 saturated heterocycles. The molecule has 1 aromatic carbocycles. The molecule has 4 nitrogen and oxygen atoms in total. The van der Waals surface area contributed by atoms with Crippen LogP contribution >= 0.6 is 31.9 Å². The van der Waals surface area contributed by atoms with Crippen LogP contribution in [0.4, 0.5) is 0 Å². The Balaban J connectivity index is 2.53. The van der Waals surface area contributed by atoms with Gasteiger partial charge in [0, 0.05) is 25.9 Å². The van der Waals surface area contributed by atoms with Crippen molar-refractivity contribution in [3.8, 4) is 0 Å². The minimum atomic E-state index is -0.371. The molecule has 0 saturated carbocycles. The number of esters is 1. The molecular formula is C15H12Br2N2O2. The number of aromatic amines is 1. The maximum Gasteiger partial charge on any atom is 0.339 e. The van der Waals surface area contributed by atoms with Gasteiger partial charge in [-0.3, -0.25) is 0 Å². The number of nitrogens with one attached hydrogen (secondary N) is 1. The summed E-state index contributed by atoms with van der Waals surface area (Å²) in [5.74, 6) is -0.371. The third-order valence-electron chi connectivity index (χ3n) is 3.56. The molecule has 0 atom stereocenters. The topological polar surface area (TPSA) is 55.0 Å². The molecule has 0 aliphatic carbocycles. The Morgan fingerprint density at radius 2 is 2.00 bits per heavy atom. The number of carbonyl (C=O) groups excluding carboxylic acids is 1. The van der Waals surface area contributed by atoms with Crippen molar-refractivity contribution in [2.24, 2.45) is 0 Å². The van der Waals surface area contributed by atoms with Gasteiger partial charge in [0.05, 0.1) is 18.2 Å². The van der Waals surface area contributed by atoms with Gasteiger partial charge in [-0.2, -0.15) is 0 Å². The summed E-state index contributed by atoms with van der Waals surface area (Å²) >= 11 is 7.09. The number of aromatic nitrogens is 2. The molecule has 3 aromatic rings. The number of carbonyl (C=O) groups is 1. The number of hydrogen-bond acceptors (Lipinski definition) is 3. The molecule has 0 spiro atoms. The zero-order valence-electron chi connectivity index (χ0n) is 11.7. The summed E-state index contributed by atoms with van der Waals surface area (Å²) in [6, 6.07) is 2.08. The number of methoxy groups -OCH3 is 1. The highest BCUT2D eigenvalue weighted by Crippen LogP contribution is 2.41. The standard InChI is InChI=1S/C15H12Br2N2O2/c1-6-4-8-10-12(17)11(16)9(15(20)21-3)7(2)13(10)19-14(8)18-5-6/h4-5H,1-3H3,(H,18,19). The number of rotatable bonds is 1. The lowest BCUT2D eigenvalue weighted by molar-refractivity contribution is 0.0599. The van der Waals surface area contributed by atoms with Crippen LogP contribution in [0.3, 0.4) is 0 Å². The van der Waals surface area contributed by atoms with Gasteiger partial charge < -0.3 is 9.72 Å². The Morgan fingerprint density at radius 1 is 1.29 bits per heavy atom. The second-order valence-electron chi connectivity index (χ2n) is 4.90. The molecule has 2 aromatic heterocycles. The molecule has 6 heteroatoms. The third-order valence-corrected chi connectivity index (χ3v) is 5.68. The van der Waals surface area contributed by atoms with Crippen molar-refractivity contribution in [2.45, 2.75) is 13.8 Å². The Kier molecular flexibility index (Phi) is 3.53. The number of ether oxygens (including phenoxy) is 1. The highest BCUT2D eigenvalue weighted by molar-refractivity contribution is 9.13. The number of aryl methyl sites for hydroxylation is 2. The summed E-state index contributed by atoms with van der Waals surface area (Å²) < 4.78 is 6.39. The van der Waals surface area contributed by atoms with Crippen LogP contribution in [0.5, 0.6) is 0 Å². The minimum absolute atomic E-state index is 0.371. The van der Waals surface area contributed by atoms with Crippen LogP contribution in [-0.2, 0) is 4.74 Å². The van der Waals surface area contributed by atoms with Gasteiger partial charge in [-0.1, -0.05) is 0 Å². The summed E-state index contributed by atoms with van der Waals surface area (Å²) in [4.78, 5) is 19.7. The van der Waals surface area contributed by atoms with Crippen LogP contribution in [0.1, 0.15) is 21.5 Å². The summed E-state index contributed by atoms with van der Waals surface area (Å²) in [7, 11) is 1.38. The molecule has 108 valence electrons. The van der Waals surface area contributed by atoms with E-state index >= 15 is 0 Å². The van der Waals surface area contributed by atoms with Crippen LogP contribution in [-0.4, -0.2) is 23.0 Å². The fraction of sp³-hybridized carbons (Fsp3) is 0.200. The van der Waals surface area contributed by atoms with Gasteiger partial charge in [0.25, 0.3) is 0 Å². The van der Waals surface area contributed by atoms with E-state index in [-0.39, 0.29) is 5.97 Å². The zero-order valence-corrected chi connectivity index (χ0v) is 14.8. The van der Waals surface area contributed by atoms with Crippen molar-refractivity contribution in [1.29, 1.82) is 0 Å². The average molecular weight is 412 g/mol. The van der Waals surface area contributed by atoms with Crippen molar-refractivity contribution in [3.63, 3.8) is 0 Å². The van der Waals surface area contributed by atoms with Crippen molar-refractivity contribution in [3.05, 3.63) is 37.9 Å². The molecular weight excluding hydrogens is 400 g/mol. The SMILES string of the molecule is COC(=O)c1c(Br)c(Br)c2c([nH]c3ncc(C)cc32)c1C. The van der Waals surface area contributed by atoms with Crippen LogP contribution in [0, 0.1) is 13.8 Å². The monoisotopic (exact) mass is 410 g/mol. The first kappa shape index (κ1) is 14.5. The van der Waals surface area contributed by atoms with E-state index in [2.05, 4.69) is 47.9 Å². The number of fused-ring (bicyclic) bond motifs is 3. The van der Waals surface area contributed by atoms with Crippen molar-refractivity contribution in [1.82, 2.24) is 9.97 Å². The largest absolute Gasteiger partial charge is 0.465 e. The predicted octanol–water partition coefficient (Wildman–Crippen LogP) is 4.64. The highest BCUT2D eigenvalue weighted by atomic mass is 79.9. The fourth-order valence-electron chi connectivity index (χ4n) is 2.54. The van der Waals surface area contributed by atoms with Crippen LogP contribution in [0.2, 0.25) is 0 Å². The highest BCUT2D eigenvalue weighted by Gasteiger charge is 2.23. The Morgan fingerprint density at radius 3 is 2.67 bits per heavy atom. The van der Waals surface area contributed by atoms with E-state index in [1.54, 1.807) is 0 Å². The Hall–Kier alpha value is -1.40. The molecule has 0 aliphatic rings. The van der Waals surface area contributed by atoms with Gasteiger partial charge in [0.15, 0.2) is 0 Å². The van der Waals surface area contributed by atoms with E-state index in [1.807, 2.05) is 20.0 Å². The third kappa shape index (κ3) is 2.08. The predicted molar refractivity (Wildman–Crippen MR) is 89.8 cm³/mol. The second kappa shape index (κ2) is 5.10. The molecule has 0 aliphatic heterocycles. The first-order valence-electron chi connectivity index (χ1n) is 6.29.